The Kier molecular flexibility index (Phi) is 5.62. The summed E-state index contributed by atoms with van der Waals surface area (Å²) in [5.41, 5.74) is 0.817. The number of ether oxygens (including phenoxy) is 2. The van der Waals surface area contributed by atoms with E-state index in [1.54, 1.807) is 31.2 Å². The van der Waals surface area contributed by atoms with Crippen LogP contribution in [0.1, 0.15) is 15.9 Å². The standard InChI is InChI=1S/C18H18ClNO5S/c1-13-5-6-16(26(22,23)20-7-9-24-10-8-20)12-17(13)18(21)25-15-4-2-3-14(19)11-15/h2-6,11-12H,7-10H2,1H3. The van der Waals surface area contributed by atoms with Gasteiger partial charge in [0.15, 0.2) is 0 Å². The molecule has 0 bridgehead atoms. The van der Waals surface area contributed by atoms with Crippen molar-refractivity contribution in [3.8, 4) is 5.75 Å². The van der Waals surface area contributed by atoms with Crippen LogP contribution < -0.4 is 4.74 Å². The Balaban J connectivity index is 1.88. The molecule has 138 valence electrons. The average Bonchev–Trinajstić information content (AvgIpc) is 2.62. The zero-order valence-corrected chi connectivity index (χ0v) is 15.7. The number of hydrogen-bond donors (Lipinski definition) is 0. The molecule has 0 atom stereocenters. The molecule has 1 aliphatic rings. The van der Waals surface area contributed by atoms with Gasteiger partial charge < -0.3 is 9.47 Å². The fourth-order valence-corrected chi connectivity index (χ4v) is 4.23. The monoisotopic (exact) mass is 395 g/mol. The molecule has 3 rings (SSSR count). The van der Waals surface area contributed by atoms with Gasteiger partial charge in [0.1, 0.15) is 5.75 Å². The van der Waals surface area contributed by atoms with Crippen molar-refractivity contribution in [3.05, 3.63) is 58.6 Å². The van der Waals surface area contributed by atoms with Gasteiger partial charge in [0.25, 0.3) is 0 Å². The van der Waals surface area contributed by atoms with Gasteiger partial charge in [0.2, 0.25) is 10.0 Å². The molecule has 6 nitrogen and oxygen atoms in total. The number of carbonyl (C=O) groups excluding carboxylic acids is 1. The second-order valence-electron chi connectivity index (χ2n) is 5.84. The molecule has 0 aromatic heterocycles. The van der Waals surface area contributed by atoms with Crippen molar-refractivity contribution < 1.29 is 22.7 Å². The summed E-state index contributed by atoms with van der Waals surface area (Å²) in [5, 5.41) is 0.440. The molecule has 1 aliphatic heterocycles. The Hall–Kier alpha value is -1.93. The number of hydrogen-bond acceptors (Lipinski definition) is 5. The fraction of sp³-hybridized carbons (Fsp3) is 0.278. The largest absolute Gasteiger partial charge is 0.423 e. The fourth-order valence-electron chi connectivity index (χ4n) is 2.61. The molecule has 0 saturated carbocycles. The molecular weight excluding hydrogens is 378 g/mol. The van der Waals surface area contributed by atoms with E-state index in [-0.39, 0.29) is 10.5 Å². The van der Waals surface area contributed by atoms with Crippen LogP contribution in [0.25, 0.3) is 0 Å². The maximum Gasteiger partial charge on any atom is 0.343 e. The molecule has 0 unspecified atom stereocenters. The molecule has 2 aromatic carbocycles. The van der Waals surface area contributed by atoms with Crippen LogP contribution in [-0.2, 0) is 14.8 Å². The van der Waals surface area contributed by atoms with Gasteiger partial charge >= 0.3 is 5.97 Å². The van der Waals surface area contributed by atoms with Crippen molar-refractivity contribution in [1.29, 1.82) is 0 Å². The number of nitrogens with zero attached hydrogens (tertiary/aromatic N) is 1. The number of carbonyl (C=O) groups is 1. The Bertz CT molecular complexity index is 923. The summed E-state index contributed by atoms with van der Waals surface area (Å²) in [7, 11) is -3.69. The van der Waals surface area contributed by atoms with Gasteiger partial charge in [0.05, 0.1) is 23.7 Å². The summed E-state index contributed by atoms with van der Waals surface area (Å²) >= 11 is 5.89. The van der Waals surface area contributed by atoms with E-state index in [0.29, 0.717) is 42.6 Å². The second kappa shape index (κ2) is 7.75. The number of benzene rings is 2. The van der Waals surface area contributed by atoms with E-state index in [2.05, 4.69) is 0 Å². The van der Waals surface area contributed by atoms with Gasteiger partial charge in [-0.25, -0.2) is 13.2 Å². The Morgan fingerprint density at radius 2 is 1.88 bits per heavy atom. The minimum absolute atomic E-state index is 0.0584. The van der Waals surface area contributed by atoms with Crippen LogP contribution >= 0.6 is 11.6 Å². The van der Waals surface area contributed by atoms with Crippen molar-refractivity contribution in [2.24, 2.45) is 0 Å². The smallest absolute Gasteiger partial charge is 0.343 e. The molecular formula is C18H18ClNO5S. The summed E-state index contributed by atoms with van der Waals surface area (Å²) in [6, 6.07) is 10.9. The zero-order valence-electron chi connectivity index (χ0n) is 14.1. The van der Waals surface area contributed by atoms with Gasteiger partial charge in [-0.1, -0.05) is 23.7 Å². The quantitative estimate of drug-likeness (QED) is 0.588. The minimum atomic E-state index is -3.69. The summed E-state index contributed by atoms with van der Waals surface area (Å²) in [4.78, 5) is 12.6. The van der Waals surface area contributed by atoms with Crippen LogP contribution in [0, 0.1) is 6.92 Å². The van der Waals surface area contributed by atoms with Crippen molar-refractivity contribution in [2.45, 2.75) is 11.8 Å². The lowest BCUT2D eigenvalue weighted by atomic mass is 10.1. The van der Waals surface area contributed by atoms with Crippen LogP contribution in [0.15, 0.2) is 47.4 Å². The summed E-state index contributed by atoms with van der Waals surface area (Å²) < 4.78 is 37.4. The molecule has 0 spiro atoms. The molecule has 0 amide bonds. The van der Waals surface area contributed by atoms with Crippen molar-refractivity contribution >= 4 is 27.6 Å². The van der Waals surface area contributed by atoms with Gasteiger partial charge in [-0.3, -0.25) is 0 Å². The lowest BCUT2D eigenvalue weighted by molar-refractivity contribution is 0.0727. The molecule has 1 fully saturated rings. The minimum Gasteiger partial charge on any atom is -0.423 e. The van der Waals surface area contributed by atoms with E-state index in [4.69, 9.17) is 21.1 Å². The highest BCUT2D eigenvalue weighted by molar-refractivity contribution is 7.89. The van der Waals surface area contributed by atoms with Gasteiger partial charge in [-0.15, -0.1) is 0 Å². The first-order valence-electron chi connectivity index (χ1n) is 8.04. The first kappa shape index (κ1) is 18.8. The Labute approximate surface area is 157 Å². The number of sulfonamides is 1. The SMILES string of the molecule is Cc1ccc(S(=O)(=O)N2CCOCC2)cc1C(=O)Oc1cccc(Cl)c1. The van der Waals surface area contributed by atoms with Crippen LogP contribution in [-0.4, -0.2) is 45.0 Å². The van der Waals surface area contributed by atoms with E-state index in [1.165, 1.54) is 22.5 Å². The van der Waals surface area contributed by atoms with E-state index in [1.807, 2.05) is 0 Å². The van der Waals surface area contributed by atoms with E-state index in [9.17, 15) is 13.2 Å². The topological polar surface area (TPSA) is 72.9 Å². The van der Waals surface area contributed by atoms with Crippen molar-refractivity contribution in [2.75, 3.05) is 26.3 Å². The van der Waals surface area contributed by atoms with Gasteiger partial charge in [-0.05, 0) is 42.8 Å². The third-order valence-corrected chi connectivity index (χ3v) is 6.17. The van der Waals surface area contributed by atoms with E-state index in [0.717, 1.165) is 0 Å². The lowest BCUT2D eigenvalue weighted by Crippen LogP contribution is -2.40. The number of aryl methyl sites for hydroxylation is 1. The summed E-state index contributed by atoms with van der Waals surface area (Å²) in [6.45, 7) is 3.01. The third kappa shape index (κ3) is 4.07. The third-order valence-electron chi connectivity index (χ3n) is 4.04. The van der Waals surface area contributed by atoms with Crippen molar-refractivity contribution in [1.82, 2.24) is 4.31 Å². The maximum absolute atomic E-state index is 12.8. The van der Waals surface area contributed by atoms with Crippen molar-refractivity contribution in [3.63, 3.8) is 0 Å². The maximum atomic E-state index is 12.8. The van der Waals surface area contributed by atoms with Gasteiger partial charge in [-0.2, -0.15) is 4.31 Å². The van der Waals surface area contributed by atoms with E-state index >= 15 is 0 Å². The molecule has 0 aliphatic carbocycles. The molecule has 0 N–H and O–H groups in total. The average molecular weight is 396 g/mol. The molecule has 1 heterocycles. The van der Waals surface area contributed by atoms with Crippen LogP contribution in [0.2, 0.25) is 5.02 Å². The highest BCUT2D eigenvalue weighted by atomic mass is 35.5. The van der Waals surface area contributed by atoms with E-state index < -0.39 is 16.0 Å². The zero-order chi connectivity index (χ0) is 18.7. The lowest BCUT2D eigenvalue weighted by Gasteiger charge is -2.26. The van der Waals surface area contributed by atoms with Crippen LogP contribution in [0.3, 0.4) is 0 Å². The first-order chi connectivity index (χ1) is 12.4. The Morgan fingerprint density at radius 1 is 1.15 bits per heavy atom. The molecule has 2 aromatic rings. The number of halogens is 1. The highest BCUT2D eigenvalue weighted by Crippen LogP contribution is 2.23. The van der Waals surface area contributed by atoms with Crippen LogP contribution in [0.4, 0.5) is 0 Å². The summed E-state index contributed by atoms with van der Waals surface area (Å²) in [5.74, 6) is -0.341. The summed E-state index contributed by atoms with van der Waals surface area (Å²) in [6.07, 6.45) is 0. The highest BCUT2D eigenvalue weighted by Gasteiger charge is 2.27. The van der Waals surface area contributed by atoms with Crippen LogP contribution in [0.5, 0.6) is 5.75 Å². The molecule has 0 radical (unpaired) electrons. The number of morpholine rings is 1. The predicted octanol–water partition coefficient (Wildman–Crippen LogP) is 2.89. The number of esters is 1. The molecule has 26 heavy (non-hydrogen) atoms. The molecule has 1 saturated heterocycles. The Morgan fingerprint density at radius 3 is 2.58 bits per heavy atom. The normalized spacial score (nSPS) is 15.6. The number of rotatable bonds is 4. The second-order valence-corrected chi connectivity index (χ2v) is 8.21. The predicted molar refractivity (Wildman–Crippen MR) is 97.2 cm³/mol. The van der Waals surface area contributed by atoms with Gasteiger partial charge in [0, 0.05) is 18.1 Å². The molecule has 8 heteroatoms. The first-order valence-corrected chi connectivity index (χ1v) is 9.86.